The van der Waals surface area contributed by atoms with Crippen LogP contribution in [0.15, 0.2) is 59.9 Å². The zero-order chi connectivity index (χ0) is 23.3. The molecule has 8 nitrogen and oxygen atoms in total. The van der Waals surface area contributed by atoms with Crippen LogP contribution in [0.3, 0.4) is 0 Å². The van der Waals surface area contributed by atoms with Gasteiger partial charge in [0.15, 0.2) is 5.75 Å². The standard InChI is InChI=1S/C21H20Cl2N4O4S/c1-3-27(4-2)32(29,30)15-6-8-20(31-19-7-5-14(22)11-16(19)23)17(12-15)26-21(28)18-13-24-9-10-25-18/h5-13H,3-4H2,1-2H3,(H,26,28). The van der Waals surface area contributed by atoms with E-state index in [1.54, 1.807) is 26.0 Å². The molecule has 1 aromatic heterocycles. The van der Waals surface area contributed by atoms with Gasteiger partial charge in [0, 0.05) is 30.5 Å². The van der Waals surface area contributed by atoms with Gasteiger partial charge in [-0.1, -0.05) is 37.0 Å². The van der Waals surface area contributed by atoms with Crippen LogP contribution in [0.1, 0.15) is 24.3 Å². The normalized spacial score (nSPS) is 11.4. The molecule has 0 fully saturated rings. The Kier molecular flexibility index (Phi) is 7.68. The van der Waals surface area contributed by atoms with Gasteiger partial charge in [-0.25, -0.2) is 13.4 Å². The van der Waals surface area contributed by atoms with Gasteiger partial charge in [0.05, 0.1) is 21.8 Å². The van der Waals surface area contributed by atoms with Gasteiger partial charge in [-0.3, -0.25) is 9.78 Å². The fourth-order valence-electron chi connectivity index (χ4n) is 2.85. The molecule has 1 N–H and O–H groups in total. The third kappa shape index (κ3) is 5.36. The Labute approximate surface area is 196 Å². The van der Waals surface area contributed by atoms with E-state index in [9.17, 15) is 13.2 Å². The monoisotopic (exact) mass is 494 g/mol. The summed E-state index contributed by atoms with van der Waals surface area (Å²) < 4.78 is 33.1. The van der Waals surface area contributed by atoms with Crippen LogP contribution in [0.4, 0.5) is 5.69 Å². The number of amides is 1. The molecule has 0 bridgehead atoms. The Balaban J connectivity index is 2.04. The van der Waals surface area contributed by atoms with Crippen LogP contribution in [0.5, 0.6) is 11.5 Å². The summed E-state index contributed by atoms with van der Waals surface area (Å²) in [5.41, 5.74) is 0.180. The van der Waals surface area contributed by atoms with Crippen molar-refractivity contribution < 1.29 is 17.9 Å². The predicted octanol–water partition coefficient (Wildman–Crippen LogP) is 4.86. The van der Waals surface area contributed by atoms with Gasteiger partial charge in [-0.2, -0.15) is 4.31 Å². The summed E-state index contributed by atoms with van der Waals surface area (Å²) in [4.78, 5) is 20.5. The average Bonchev–Trinajstić information content (AvgIpc) is 2.77. The van der Waals surface area contributed by atoms with Crippen molar-refractivity contribution in [2.45, 2.75) is 18.7 Å². The first kappa shape index (κ1) is 23.9. The number of nitrogens with zero attached hydrogens (tertiary/aromatic N) is 3. The lowest BCUT2D eigenvalue weighted by molar-refractivity contribution is 0.102. The fraction of sp³-hybridized carbons (Fsp3) is 0.190. The number of rotatable bonds is 8. The van der Waals surface area contributed by atoms with Crippen LogP contribution in [0.2, 0.25) is 10.0 Å². The van der Waals surface area contributed by atoms with E-state index >= 15 is 0 Å². The number of ether oxygens (including phenoxy) is 1. The van der Waals surface area contributed by atoms with Crippen molar-refractivity contribution >= 4 is 44.8 Å². The van der Waals surface area contributed by atoms with E-state index < -0.39 is 15.9 Å². The predicted molar refractivity (Wildman–Crippen MR) is 123 cm³/mol. The van der Waals surface area contributed by atoms with Crippen LogP contribution in [0.25, 0.3) is 0 Å². The van der Waals surface area contributed by atoms with Crippen LogP contribution in [-0.2, 0) is 10.0 Å². The Morgan fingerprint density at radius 3 is 2.41 bits per heavy atom. The van der Waals surface area contributed by atoms with E-state index in [0.29, 0.717) is 18.1 Å². The number of carbonyl (C=O) groups excluding carboxylic acids is 1. The third-order valence-electron chi connectivity index (χ3n) is 4.45. The molecule has 3 rings (SSSR count). The number of anilines is 1. The molecule has 11 heteroatoms. The molecule has 32 heavy (non-hydrogen) atoms. The minimum atomic E-state index is -3.77. The van der Waals surface area contributed by atoms with Crippen molar-refractivity contribution in [1.82, 2.24) is 14.3 Å². The van der Waals surface area contributed by atoms with E-state index in [1.165, 1.54) is 47.2 Å². The first-order valence-electron chi connectivity index (χ1n) is 9.60. The number of aromatic nitrogens is 2. The van der Waals surface area contributed by atoms with Gasteiger partial charge in [-0.15, -0.1) is 0 Å². The highest BCUT2D eigenvalue weighted by atomic mass is 35.5. The quantitative estimate of drug-likeness (QED) is 0.479. The largest absolute Gasteiger partial charge is 0.454 e. The smallest absolute Gasteiger partial charge is 0.275 e. The maximum absolute atomic E-state index is 13.0. The minimum Gasteiger partial charge on any atom is -0.454 e. The molecule has 2 aromatic carbocycles. The molecular weight excluding hydrogens is 475 g/mol. The highest BCUT2D eigenvalue weighted by Gasteiger charge is 2.24. The molecule has 0 spiro atoms. The van der Waals surface area contributed by atoms with E-state index in [1.807, 2.05) is 0 Å². The topological polar surface area (TPSA) is 101 Å². The molecule has 168 valence electrons. The summed E-state index contributed by atoms with van der Waals surface area (Å²) in [6, 6.07) is 8.87. The molecule has 0 aliphatic carbocycles. The van der Waals surface area contributed by atoms with Gasteiger partial charge in [0.2, 0.25) is 10.0 Å². The van der Waals surface area contributed by atoms with Gasteiger partial charge in [-0.05, 0) is 36.4 Å². The SMILES string of the molecule is CCN(CC)S(=O)(=O)c1ccc(Oc2ccc(Cl)cc2Cl)c(NC(=O)c2cnccn2)c1. The lowest BCUT2D eigenvalue weighted by atomic mass is 10.2. The van der Waals surface area contributed by atoms with Crippen molar-refractivity contribution in [3.05, 3.63) is 70.7 Å². The Morgan fingerprint density at radius 1 is 1.06 bits per heavy atom. The summed E-state index contributed by atoms with van der Waals surface area (Å²) in [6.07, 6.45) is 4.11. The first-order chi connectivity index (χ1) is 15.3. The molecule has 1 amide bonds. The summed E-state index contributed by atoms with van der Waals surface area (Å²) in [5, 5.41) is 3.33. The number of nitrogens with one attached hydrogen (secondary N) is 1. The molecule has 0 radical (unpaired) electrons. The maximum Gasteiger partial charge on any atom is 0.275 e. The number of benzene rings is 2. The van der Waals surface area contributed by atoms with Crippen LogP contribution in [0, 0.1) is 0 Å². The lowest BCUT2D eigenvalue weighted by Gasteiger charge is -2.20. The molecule has 0 saturated carbocycles. The fourth-order valence-corrected chi connectivity index (χ4v) is 4.78. The van der Waals surface area contributed by atoms with E-state index in [4.69, 9.17) is 27.9 Å². The number of sulfonamides is 1. The second kappa shape index (κ2) is 10.3. The summed E-state index contributed by atoms with van der Waals surface area (Å²) >= 11 is 12.1. The minimum absolute atomic E-state index is 0.00481. The van der Waals surface area contributed by atoms with Crippen LogP contribution < -0.4 is 10.1 Å². The van der Waals surface area contributed by atoms with Gasteiger partial charge in [0.1, 0.15) is 11.4 Å². The van der Waals surface area contributed by atoms with Gasteiger partial charge >= 0.3 is 0 Å². The second-order valence-corrected chi connectivity index (χ2v) is 9.25. The molecule has 0 aliphatic heterocycles. The maximum atomic E-state index is 13.0. The highest BCUT2D eigenvalue weighted by molar-refractivity contribution is 7.89. The van der Waals surface area contributed by atoms with E-state index in [2.05, 4.69) is 15.3 Å². The number of carbonyl (C=O) groups is 1. The average molecular weight is 495 g/mol. The third-order valence-corrected chi connectivity index (χ3v) is 7.03. The number of halogens is 2. The van der Waals surface area contributed by atoms with Crippen molar-refractivity contribution in [2.75, 3.05) is 18.4 Å². The van der Waals surface area contributed by atoms with Gasteiger partial charge in [0.25, 0.3) is 5.91 Å². The zero-order valence-corrected chi connectivity index (χ0v) is 19.6. The Morgan fingerprint density at radius 2 is 1.78 bits per heavy atom. The summed E-state index contributed by atoms with van der Waals surface area (Å²) in [7, 11) is -3.77. The van der Waals surface area contributed by atoms with E-state index in [-0.39, 0.29) is 32.8 Å². The van der Waals surface area contributed by atoms with Crippen molar-refractivity contribution in [3.63, 3.8) is 0 Å². The highest BCUT2D eigenvalue weighted by Crippen LogP contribution is 2.36. The van der Waals surface area contributed by atoms with Crippen molar-refractivity contribution in [1.29, 1.82) is 0 Å². The van der Waals surface area contributed by atoms with Gasteiger partial charge < -0.3 is 10.1 Å². The molecule has 1 heterocycles. The molecule has 0 atom stereocenters. The first-order valence-corrected chi connectivity index (χ1v) is 11.8. The summed E-state index contributed by atoms with van der Waals surface area (Å²) in [5.74, 6) is -0.113. The Hall–Kier alpha value is -2.72. The number of hydrogen-bond donors (Lipinski definition) is 1. The molecule has 0 saturated heterocycles. The summed E-state index contributed by atoms with van der Waals surface area (Å²) in [6.45, 7) is 4.10. The number of hydrogen-bond acceptors (Lipinski definition) is 6. The Bertz CT molecular complexity index is 1220. The second-order valence-electron chi connectivity index (χ2n) is 6.47. The van der Waals surface area contributed by atoms with Crippen molar-refractivity contribution in [2.24, 2.45) is 0 Å². The van der Waals surface area contributed by atoms with Crippen LogP contribution in [-0.4, -0.2) is 41.7 Å². The van der Waals surface area contributed by atoms with Crippen molar-refractivity contribution in [3.8, 4) is 11.5 Å². The zero-order valence-electron chi connectivity index (χ0n) is 17.2. The molecule has 3 aromatic rings. The lowest BCUT2D eigenvalue weighted by Crippen LogP contribution is -2.30. The molecule has 0 aliphatic rings. The van der Waals surface area contributed by atoms with Crippen LogP contribution >= 0.6 is 23.2 Å². The molecular formula is C21H20Cl2N4O4S. The van der Waals surface area contributed by atoms with E-state index in [0.717, 1.165) is 0 Å². The molecule has 0 unspecified atom stereocenters.